The van der Waals surface area contributed by atoms with Gasteiger partial charge in [0.05, 0.1) is 6.42 Å². The third-order valence-corrected chi connectivity index (χ3v) is 6.51. The topological polar surface area (TPSA) is 148 Å². The molecule has 1 aromatic heterocycles. The second-order valence-electron chi connectivity index (χ2n) is 5.95. The van der Waals surface area contributed by atoms with Crippen molar-refractivity contribution in [2.45, 2.75) is 17.5 Å². The Bertz CT molecular complexity index is 867. The number of aliphatic carboxylic acids is 1. The van der Waals surface area contributed by atoms with Crippen LogP contribution in [0.4, 0.5) is 4.79 Å². The zero-order valence-corrected chi connectivity index (χ0v) is 19.3. The van der Waals surface area contributed by atoms with Crippen LogP contribution >= 0.6 is 23.1 Å². The SMILES string of the molecule is COC1(NC(=O)Cc2cccs2)C(=O)N2C(C(=O)O)=C(COC(N)=O)CSC21.[H-].[Na+]. The number of nitrogens with zero attached hydrogens (tertiary/aromatic N) is 1. The second-order valence-corrected chi connectivity index (χ2v) is 8.05. The molecular formula is C16H18N3NaO7S2. The second kappa shape index (κ2) is 9.49. The zero-order valence-electron chi connectivity index (χ0n) is 16.7. The number of ether oxygens (including phenoxy) is 2. The Labute approximate surface area is 197 Å². The summed E-state index contributed by atoms with van der Waals surface area (Å²) in [5.41, 5.74) is 3.20. The number of carbonyl (C=O) groups excluding carboxylic acids is 3. The first-order valence-corrected chi connectivity index (χ1v) is 9.94. The molecule has 13 heteroatoms. The van der Waals surface area contributed by atoms with Crippen LogP contribution in [0.25, 0.3) is 0 Å². The number of thiophene rings is 1. The number of thioether (sulfide) groups is 1. The first kappa shape index (κ1) is 23.7. The molecule has 1 saturated heterocycles. The standard InChI is InChI=1S/C16H17N3O7S2.Na.H/c1-25-16(18-10(20)5-9-3-2-4-27-9)13(23)19-11(12(21)22)8(6-26-15(17)24)7-28-14(16)19;;/h2-4,14H,5-7H2,1H3,(H2,17,24)(H,18,20)(H,21,22);;/q;+1;-1. The molecule has 1 aromatic rings. The molecule has 29 heavy (non-hydrogen) atoms. The molecule has 3 rings (SSSR count). The van der Waals surface area contributed by atoms with Gasteiger partial charge in [-0.3, -0.25) is 14.5 Å². The van der Waals surface area contributed by atoms with Gasteiger partial charge in [-0.05, 0) is 11.4 Å². The number of hydrogen-bond acceptors (Lipinski definition) is 8. The van der Waals surface area contributed by atoms with Crippen LogP contribution in [0.2, 0.25) is 0 Å². The number of nitrogens with two attached hydrogens (primary N) is 1. The molecule has 0 saturated carbocycles. The molecule has 2 aliphatic rings. The third-order valence-electron chi connectivity index (χ3n) is 4.26. The summed E-state index contributed by atoms with van der Waals surface area (Å²) in [6, 6.07) is 3.61. The molecule has 2 aliphatic heterocycles. The van der Waals surface area contributed by atoms with Gasteiger partial charge in [0.15, 0.2) is 0 Å². The van der Waals surface area contributed by atoms with Crippen molar-refractivity contribution in [3.05, 3.63) is 33.7 Å². The van der Waals surface area contributed by atoms with Gasteiger partial charge in [0.2, 0.25) is 5.91 Å². The molecule has 0 aromatic carbocycles. The largest absolute Gasteiger partial charge is 1.00 e. The molecule has 0 aliphatic carbocycles. The fourth-order valence-corrected chi connectivity index (χ4v) is 5.16. The van der Waals surface area contributed by atoms with Crippen molar-refractivity contribution in [3.8, 4) is 0 Å². The number of carbonyl (C=O) groups is 4. The van der Waals surface area contributed by atoms with E-state index in [0.717, 1.165) is 9.78 Å². The van der Waals surface area contributed by atoms with Crippen LogP contribution in [0.3, 0.4) is 0 Å². The van der Waals surface area contributed by atoms with Crippen molar-refractivity contribution in [3.63, 3.8) is 0 Å². The van der Waals surface area contributed by atoms with E-state index in [4.69, 9.17) is 10.5 Å². The number of hydrogen-bond donors (Lipinski definition) is 3. The maximum absolute atomic E-state index is 12.8. The van der Waals surface area contributed by atoms with Gasteiger partial charge in [-0.2, -0.15) is 0 Å². The average Bonchev–Trinajstić information content (AvgIpc) is 3.15. The summed E-state index contributed by atoms with van der Waals surface area (Å²) in [5, 5.41) is 13.2. The van der Waals surface area contributed by atoms with E-state index in [2.05, 4.69) is 10.1 Å². The van der Waals surface area contributed by atoms with E-state index in [1.165, 1.54) is 30.2 Å². The van der Waals surface area contributed by atoms with E-state index in [9.17, 15) is 24.3 Å². The summed E-state index contributed by atoms with van der Waals surface area (Å²) in [5.74, 6) is -2.31. The molecular weight excluding hydrogens is 433 g/mol. The van der Waals surface area contributed by atoms with E-state index < -0.39 is 35.0 Å². The Kier molecular flexibility index (Phi) is 7.76. The Morgan fingerprint density at radius 1 is 1.48 bits per heavy atom. The summed E-state index contributed by atoms with van der Waals surface area (Å²) in [6.45, 7) is -0.342. The Morgan fingerprint density at radius 2 is 2.21 bits per heavy atom. The van der Waals surface area contributed by atoms with Crippen LogP contribution in [-0.2, 0) is 30.3 Å². The molecule has 1 fully saturated rings. The average molecular weight is 451 g/mol. The van der Waals surface area contributed by atoms with Crippen molar-refractivity contribution in [1.29, 1.82) is 0 Å². The molecule has 10 nitrogen and oxygen atoms in total. The molecule has 0 bridgehead atoms. The summed E-state index contributed by atoms with van der Waals surface area (Å²) in [6.07, 6.45) is -0.973. The molecule has 152 valence electrons. The van der Waals surface area contributed by atoms with Gasteiger partial charge >= 0.3 is 41.6 Å². The Balaban J connectivity index is 0.00000225. The number of methoxy groups -OCH3 is 1. The van der Waals surface area contributed by atoms with E-state index in [1.807, 2.05) is 11.4 Å². The van der Waals surface area contributed by atoms with Gasteiger partial charge in [-0.15, -0.1) is 23.1 Å². The molecule has 3 amide bonds. The minimum atomic E-state index is -1.66. The van der Waals surface area contributed by atoms with E-state index in [-0.39, 0.29) is 61.0 Å². The number of primary amides is 1. The van der Waals surface area contributed by atoms with Crippen LogP contribution in [0.5, 0.6) is 0 Å². The summed E-state index contributed by atoms with van der Waals surface area (Å²) < 4.78 is 10.0. The predicted molar refractivity (Wildman–Crippen MR) is 100 cm³/mol. The molecule has 0 spiro atoms. The fraction of sp³-hybridized carbons (Fsp3) is 0.375. The van der Waals surface area contributed by atoms with Crippen LogP contribution in [0.15, 0.2) is 28.8 Å². The number of nitrogens with one attached hydrogen (secondary N) is 1. The van der Waals surface area contributed by atoms with Gasteiger partial charge in [0, 0.05) is 23.3 Å². The summed E-state index contributed by atoms with van der Waals surface area (Å²) >= 11 is 2.60. The van der Waals surface area contributed by atoms with E-state index >= 15 is 0 Å². The summed E-state index contributed by atoms with van der Waals surface area (Å²) in [7, 11) is 1.27. The Morgan fingerprint density at radius 3 is 2.76 bits per heavy atom. The third kappa shape index (κ3) is 4.47. The normalized spacial score (nSPS) is 22.9. The first-order chi connectivity index (χ1) is 13.3. The molecule has 0 radical (unpaired) electrons. The van der Waals surface area contributed by atoms with E-state index in [1.54, 1.807) is 6.07 Å². The van der Waals surface area contributed by atoms with Crippen molar-refractivity contribution >= 4 is 47.0 Å². The van der Waals surface area contributed by atoms with E-state index in [0.29, 0.717) is 0 Å². The van der Waals surface area contributed by atoms with Gasteiger partial charge in [-0.1, -0.05) is 6.07 Å². The van der Waals surface area contributed by atoms with Crippen molar-refractivity contribution in [1.82, 2.24) is 10.2 Å². The number of amides is 3. The van der Waals surface area contributed by atoms with Crippen LogP contribution in [0, 0.1) is 0 Å². The van der Waals surface area contributed by atoms with Crippen molar-refractivity contribution < 1.29 is 64.7 Å². The predicted octanol–water partition coefficient (Wildman–Crippen LogP) is -2.78. The minimum Gasteiger partial charge on any atom is -1.00 e. The van der Waals surface area contributed by atoms with Crippen molar-refractivity contribution in [2.24, 2.45) is 5.73 Å². The Hall–Kier alpha value is -1.57. The number of β-lactam (4-membered cyclic amide) rings is 1. The summed E-state index contributed by atoms with van der Waals surface area (Å²) in [4.78, 5) is 49.6. The first-order valence-electron chi connectivity index (χ1n) is 8.01. The van der Waals surface area contributed by atoms with Crippen LogP contribution in [0.1, 0.15) is 6.30 Å². The fourth-order valence-electron chi connectivity index (χ4n) is 3.04. The number of carboxylic acids is 1. The maximum Gasteiger partial charge on any atom is 1.00 e. The zero-order chi connectivity index (χ0) is 20.5. The minimum absolute atomic E-state index is 0. The van der Waals surface area contributed by atoms with Gasteiger partial charge in [0.25, 0.3) is 11.6 Å². The molecule has 4 N–H and O–H groups in total. The molecule has 3 heterocycles. The number of carboxylic acid groups (broad SMARTS) is 1. The molecule has 2 atom stereocenters. The smallest absolute Gasteiger partial charge is 1.00 e. The van der Waals surface area contributed by atoms with Gasteiger partial charge in [0.1, 0.15) is 17.7 Å². The van der Waals surface area contributed by atoms with Crippen molar-refractivity contribution in [2.75, 3.05) is 19.5 Å². The van der Waals surface area contributed by atoms with Crippen LogP contribution < -0.4 is 40.6 Å². The van der Waals surface area contributed by atoms with Gasteiger partial charge in [-0.25, -0.2) is 9.59 Å². The maximum atomic E-state index is 12.8. The monoisotopic (exact) mass is 451 g/mol. The molecule has 2 unspecified atom stereocenters. The van der Waals surface area contributed by atoms with Gasteiger partial charge < -0.3 is 27.1 Å². The number of fused-ring (bicyclic) bond motifs is 1. The quantitative estimate of drug-likeness (QED) is 0.229. The van der Waals surface area contributed by atoms with Crippen LogP contribution in [-0.4, -0.2) is 64.5 Å². The number of rotatable bonds is 7.